The van der Waals surface area contributed by atoms with Crippen molar-refractivity contribution in [1.29, 1.82) is 0 Å². The highest BCUT2D eigenvalue weighted by Crippen LogP contribution is 2.15. The smallest absolute Gasteiger partial charge is 0.191 e. The summed E-state index contributed by atoms with van der Waals surface area (Å²) >= 11 is 0. The minimum atomic E-state index is 0.852. The van der Waals surface area contributed by atoms with Crippen LogP contribution in [0.5, 0.6) is 0 Å². The molecular formula is C17H24N4. The summed E-state index contributed by atoms with van der Waals surface area (Å²) in [7, 11) is 0. The van der Waals surface area contributed by atoms with E-state index in [9.17, 15) is 0 Å². The van der Waals surface area contributed by atoms with Gasteiger partial charge in [-0.1, -0.05) is 31.2 Å². The molecular weight excluding hydrogens is 260 g/mol. The van der Waals surface area contributed by atoms with Gasteiger partial charge in [0.1, 0.15) is 0 Å². The zero-order valence-electron chi connectivity index (χ0n) is 12.9. The molecule has 2 aromatic rings. The Morgan fingerprint density at radius 3 is 2.81 bits per heavy atom. The Bertz CT molecular complexity index is 587. The van der Waals surface area contributed by atoms with Gasteiger partial charge in [-0.05, 0) is 31.4 Å². The maximum atomic E-state index is 4.50. The summed E-state index contributed by atoms with van der Waals surface area (Å²) in [5.74, 6) is 0.896. The number of rotatable bonds is 6. The summed E-state index contributed by atoms with van der Waals surface area (Å²) < 4.78 is 0. The first-order chi connectivity index (χ1) is 10.3. The molecule has 0 saturated heterocycles. The maximum Gasteiger partial charge on any atom is 0.191 e. The van der Waals surface area contributed by atoms with Gasteiger partial charge in [0.05, 0.1) is 5.52 Å². The number of fused-ring (bicyclic) bond motifs is 1. The molecule has 1 aromatic heterocycles. The van der Waals surface area contributed by atoms with Crippen LogP contribution in [0.2, 0.25) is 0 Å². The van der Waals surface area contributed by atoms with E-state index in [4.69, 9.17) is 0 Å². The number of nitrogens with zero attached hydrogens (tertiary/aromatic N) is 2. The van der Waals surface area contributed by atoms with E-state index < -0.39 is 0 Å². The first-order valence-electron chi connectivity index (χ1n) is 7.70. The fraction of sp³-hybridized carbons (Fsp3) is 0.412. The highest BCUT2D eigenvalue weighted by atomic mass is 15.2. The summed E-state index contributed by atoms with van der Waals surface area (Å²) in [6.07, 6.45) is 3.85. The van der Waals surface area contributed by atoms with Crippen molar-refractivity contribution in [3.8, 4) is 0 Å². The fourth-order valence-electron chi connectivity index (χ4n) is 2.25. The van der Waals surface area contributed by atoms with Gasteiger partial charge in [-0.2, -0.15) is 0 Å². The second-order valence-electron chi connectivity index (χ2n) is 4.93. The van der Waals surface area contributed by atoms with Crippen LogP contribution in [0, 0.1) is 0 Å². The Hall–Kier alpha value is -2.10. The minimum Gasteiger partial charge on any atom is -0.357 e. The first-order valence-corrected chi connectivity index (χ1v) is 7.70. The lowest BCUT2D eigenvalue weighted by Crippen LogP contribution is -2.38. The van der Waals surface area contributed by atoms with Crippen LogP contribution in [0.4, 0.5) is 0 Å². The SMILES string of the molecule is CCCN=C(NCC)NCCc1cccc2cccnc12. The number of hydrogen-bond acceptors (Lipinski definition) is 2. The predicted molar refractivity (Wildman–Crippen MR) is 89.7 cm³/mol. The summed E-state index contributed by atoms with van der Waals surface area (Å²) in [5.41, 5.74) is 2.37. The van der Waals surface area contributed by atoms with Gasteiger partial charge in [-0.15, -0.1) is 0 Å². The summed E-state index contributed by atoms with van der Waals surface area (Å²) in [6.45, 7) is 6.80. The van der Waals surface area contributed by atoms with Gasteiger partial charge in [-0.25, -0.2) is 0 Å². The number of aliphatic imine (C=N–C) groups is 1. The number of benzene rings is 1. The third kappa shape index (κ3) is 4.45. The van der Waals surface area contributed by atoms with Crippen LogP contribution in [0.25, 0.3) is 10.9 Å². The fourth-order valence-corrected chi connectivity index (χ4v) is 2.25. The summed E-state index contributed by atoms with van der Waals surface area (Å²) in [5, 5.41) is 7.84. The highest BCUT2D eigenvalue weighted by molar-refractivity contribution is 5.82. The second kappa shape index (κ2) is 8.25. The highest BCUT2D eigenvalue weighted by Gasteiger charge is 2.02. The Kier molecular flexibility index (Phi) is 6.00. The van der Waals surface area contributed by atoms with E-state index in [2.05, 4.69) is 58.7 Å². The number of guanidine groups is 1. The molecule has 0 aliphatic heterocycles. The van der Waals surface area contributed by atoms with Crippen LogP contribution in [-0.4, -0.2) is 30.6 Å². The van der Waals surface area contributed by atoms with E-state index in [0.29, 0.717) is 0 Å². The first kappa shape index (κ1) is 15.3. The Labute approximate surface area is 126 Å². The molecule has 0 bridgehead atoms. The molecule has 1 heterocycles. The van der Waals surface area contributed by atoms with E-state index in [1.54, 1.807) is 0 Å². The van der Waals surface area contributed by atoms with Crippen LogP contribution in [0.3, 0.4) is 0 Å². The molecule has 112 valence electrons. The number of nitrogens with one attached hydrogen (secondary N) is 2. The van der Waals surface area contributed by atoms with E-state index in [1.807, 2.05) is 12.3 Å². The van der Waals surface area contributed by atoms with Crippen molar-refractivity contribution < 1.29 is 0 Å². The molecule has 2 rings (SSSR count). The lowest BCUT2D eigenvalue weighted by molar-refractivity contribution is 0.795. The van der Waals surface area contributed by atoms with Crippen molar-refractivity contribution in [3.63, 3.8) is 0 Å². The molecule has 4 nitrogen and oxygen atoms in total. The maximum absolute atomic E-state index is 4.50. The van der Waals surface area contributed by atoms with Gasteiger partial charge in [0, 0.05) is 31.2 Å². The molecule has 2 N–H and O–H groups in total. The van der Waals surface area contributed by atoms with E-state index in [-0.39, 0.29) is 0 Å². The van der Waals surface area contributed by atoms with Crippen LogP contribution >= 0.6 is 0 Å². The van der Waals surface area contributed by atoms with Gasteiger partial charge >= 0.3 is 0 Å². The van der Waals surface area contributed by atoms with E-state index >= 15 is 0 Å². The molecule has 0 fully saturated rings. The van der Waals surface area contributed by atoms with Gasteiger partial charge in [0.15, 0.2) is 5.96 Å². The molecule has 0 radical (unpaired) electrons. The number of aromatic nitrogens is 1. The molecule has 0 amide bonds. The predicted octanol–water partition coefficient (Wildman–Crippen LogP) is 2.74. The lowest BCUT2D eigenvalue weighted by Gasteiger charge is -2.11. The van der Waals surface area contributed by atoms with E-state index in [0.717, 1.165) is 44.0 Å². The van der Waals surface area contributed by atoms with Crippen molar-refractivity contribution >= 4 is 16.9 Å². The molecule has 21 heavy (non-hydrogen) atoms. The van der Waals surface area contributed by atoms with Crippen molar-refractivity contribution in [2.45, 2.75) is 26.7 Å². The second-order valence-corrected chi connectivity index (χ2v) is 4.93. The standard InChI is InChI=1S/C17H24N4/c1-3-11-20-17(18-4-2)21-13-10-15-8-5-7-14-9-6-12-19-16(14)15/h5-9,12H,3-4,10-11,13H2,1-2H3,(H2,18,20,21). The van der Waals surface area contributed by atoms with Crippen LogP contribution in [0.15, 0.2) is 41.5 Å². The van der Waals surface area contributed by atoms with Gasteiger partial charge in [0.25, 0.3) is 0 Å². The normalized spacial score (nSPS) is 11.6. The molecule has 0 atom stereocenters. The number of hydrogen-bond donors (Lipinski definition) is 2. The minimum absolute atomic E-state index is 0.852. The molecule has 1 aromatic carbocycles. The molecule has 0 saturated carbocycles. The molecule has 0 aliphatic rings. The van der Waals surface area contributed by atoms with Crippen molar-refractivity contribution in [3.05, 3.63) is 42.1 Å². The Balaban J connectivity index is 1.98. The number of para-hydroxylation sites is 1. The van der Waals surface area contributed by atoms with Gasteiger partial charge in [-0.3, -0.25) is 9.98 Å². The molecule has 0 spiro atoms. The quantitative estimate of drug-likeness (QED) is 0.633. The van der Waals surface area contributed by atoms with Crippen LogP contribution in [-0.2, 0) is 6.42 Å². The van der Waals surface area contributed by atoms with Crippen LogP contribution < -0.4 is 10.6 Å². The zero-order chi connectivity index (χ0) is 14.9. The monoisotopic (exact) mass is 284 g/mol. The molecule has 0 unspecified atom stereocenters. The average molecular weight is 284 g/mol. The van der Waals surface area contributed by atoms with Crippen molar-refractivity contribution in [2.24, 2.45) is 4.99 Å². The topological polar surface area (TPSA) is 49.3 Å². The van der Waals surface area contributed by atoms with E-state index in [1.165, 1.54) is 10.9 Å². The summed E-state index contributed by atoms with van der Waals surface area (Å²) in [6, 6.07) is 10.4. The molecule has 4 heteroatoms. The van der Waals surface area contributed by atoms with Gasteiger partial charge in [0.2, 0.25) is 0 Å². The van der Waals surface area contributed by atoms with Crippen molar-refractivity contribution in [1.82, 2.24) is 15.6 Å². The lowest BCUT2D eigenvalue weighted by atomic mass is 10.1. The third-order valence-electron chi connectivity index (χ3n) is 3.24. The van der Waals surface area contributed by atoms with Gasteiger partial charge < -0.3 is 10.6 Å². The Morgan fingerprint density at radius 2 is 2.00 bits per heavy atom. The van der Waals surface area contributed by atoms with Crippen molar-refractivity contribution in [2.75, 3.05) is 19.6 Å². The van der Waals surface area contributed by atoms with Crippen LogP contribution in [0.1, 0.15) is 25.8 Å². The number of pyridine rings is 1. The average Bonchev–Trinajstić information content (AvgIpc) is 2.53. The third-order valence-corrected chi connectivity index (χ3v) is 3.24. The Morgan fingerprint density at radius 1 is 1.14 bits per heavy atom. The summed E-state index contributed by atoms with van der Waals surface area (Å²) in [4.78, 5) is 9.00. The largest absolute Gasteiger partial charge is 0.357 e. The zero-order valence-corrected chi connectivity index (χ0v) is 12.9. The molecule has 0 aliphatic carbocycles.